The van der Waals surface area contributed by atoms with Gasteiger partial charge in [0.25, 0.3) is 0 Å². The Morgan fingerprint density at radius 2 is 1.38 bits per heavy atom. The molecule has 0 aromatic heterocycles. The highest BCUT2D eigenvalue weighted by molar-refractivity contribution is 5.90. The molecule has 1 aliphatic heterocycles. The van der Waals surface area contributed by atoms with E-state index in [1.165, 1.54) is 0 Å². The first-order chi connectivity index (χ1) is 12.4. The first-order valence-electron chi connectivity index (χ1n) is 9.68. The van der Waals surface area contributed by atoms with Crippen LogP contribution in [0, 0.1) is 11.8 Å². The molecule has 0 spiro atoms. The van der Waals surface area contributed by atoms with Gasteiger partial charge in [-0.2, -0.15) is 0 Å². The summed E-state index contributed by atoms with van der Waals surface area (Å²) in [4.78, 5) is 25.6. The van der Waals surface area contributed by atoms with Crippen LogP contribution in [-0.2, 0) is 9.59 Å². The number of nitrogens with one attached hydrogen (secondary N) is 2. The molecule has 3 atom stereocenters. The molecule has 1 aromatic carbocycles. The summed E-state index contributed by atoms with van der Waals surface area (Å²) in [6.45, 7) is 8.46. The van der Waals surface area contributed by atoms with Gasteiger partial charge in [-0.25, -0.2) is 0 Å². The minimum Gasteiger partial charge on any atom is -0.353 e. The maximum atomic E-state index is 13.0. The maximum absolute atomic E-state index is 13.0. The van der Waals surface area contributed by atoms with Crippen LogP contribution in [-0.4, -0.2) is 23.9 Å². The van der Waals surface area contributed by atoms with Crippen LogP contribution in [0.25, 0.3) is 0 Å². The zero-order chi connectivity index (χ0) is 19.1. The van der Waals surface area contributed by atoms with Gasteiger partial charge in [-0.3, -0.25) is 9.59 Å². The SMILES string of the molecule is CC(C)[C@H]1C/C=C\C[C@H](C(C)C)NC(=O)[C@@H](c2ccccc2)CC(=O)N1. The van der Waals surface area contributed by atoms with Crippen molar-refractivity contribution in [2.75, 3.05) is 0 Å². The molecule has 142 valence electrons. The van der Waals surface area contributed by atoms with Crippen molar-refractivity contribution in [3.05, 3.63) is 48.0 Å². The monoisotopic (exact) mass is 356 g/mol. The summed E-state index contributed by atoms with van der Waals surface area (Å²) in [6.07, 6.45) is 6.06. The van der Waals surface area contributed by atoms with Gasteiger partial charge in [0.1, 0.15) is 0 Å². The Morgan fingerprint density at radius 1 is 0.846 bits per heavy atom. The average molecular weight is 357 g/mol. The number of carbonyl (C=O) groups is 2. The molecule has 2 amide bonds. The Bertz CT molecular complexity index is 622. The van der Waals surface area contributed by atoms with Crippen molar-refractivity contribution in [1.29, 1.82) is 0 Å². The number of carbonyl (C=O) groups excluding carboxylic acids is 2. The summed E-state index contributed by atoms with van der Waals surface area (Å²) >= 11 is 0. The molecule has 0 bridgehead atoms. The van der Waals surface area contributed by atoms with E-state index in [-0.39, 0.29) is 30.3 Å². The predicted molar refractivity (Wildman–Crippen MR) is 106 cm³/mol. The lowest BCUT2D eigenvalue weighted by molar-refractivity contribution is -0.129. The zero-order valence-corrected chi connectivity index (χ0v) is 16.4. The first-order valence-corrected chi connectivity index (χ1v) is 9.68. The molecule has 0 unspecified atom stereocenters. The molecule has 4 nitrogen and oxygen atoms in total. The number of hydrogen-bond acceptors (Lipinski definition) is 2. The van der Waals surface area contributed by atoms with Crippen LogP contribution >= 0.6 is 0 Å². The largest absolute Gasteiger partial charge is 0.353 e. The molecular formula is C22H32N2O2. The molecule has 2 N–H and O–H groups in total. The molecule has 0 radical (unpaired) electrons. The fourth-order valence-electron chi connectivity index (χ4n) is 3.26. The van der Waals surface area contributed by atoms with Crippen molar-refractivity contribution >= 4 is 11.8 Å². The summed E-state index contributed by atoms with van der Waals surface area (Å²) < 4.78 is 0. The Balaban J connectivity index is 2.31. The summed E-state index contributed by atoms with van der Waals surface area (Å²) in [7, 11) is 0. The third kappa shape index (κ3) is 5.72. The molecule has 1 aromatic rings. The minimum atomic E-state index is -0.464. The molecule has 0 fully saturated rings. The van der Waals surface area contributed by atoms with Crippen molar-refractivity contribution in [2.24, 2.45) is 11.8 Å². The van der Waals surface area contributed by atoms with Gasteiger partial charge in [0.15, 0.2) is 0 Å². The standard InChI is InChI=1S/C22H32N2O2/c1-15(2)19-12-8-9-13-20(16(3)4)24-22(26)18(14-21(25)23-19)17-10-6-5-7-11-17/h5-11,15-16,18-20H,12-14H2,1-4H3,(H,23,25)(H,24,26)/b9-8-/t18-,19-,20-/m1/s1. The minimum absolute atomic E-state index is 0.0669. The average Bonchev–Trinajstić information content (AvgIpc) is 2.60. The van der Waals surface area contributed by atoms with Crippen molar-refractivity contribution < 1.29 is 9.59 Å². The van der Waals surface area contributed by atoms with Crippen LogP contribution in [0.2, 0.25) is 0 Å². The van der Waals surface area contributed by atoms with Gasteiger partial charge in [-0.05, 0) is 30.2 Å². The Hall–Kier alpha value is -2.10. The summed E-state index contributed by atoms with van der Waals surface area (Å²) in [5, 5.41) is 6.29. The van der Waals surface area contributed by atoms with Crippen LogP contribution in [0.5, 0.6) is 0 Å². The van der Waals surface area contributed by atoms with Crippen LogP contribution in [0.1, 0.15) is 58.4 Å². The molecule has 0 saturated heterocycles. The Kier molecular flexibility index (Phi) is 7.43. The van der Waals surface area contributed by atoms with Crippen LogP contribution in [0.15, 0.2) is 42.5 Å². The summed E-state index contributed by atoms with van der Waals surface area (Å²) in [5.74, 6) is 0.0747. The molecule has 0 saturated carbocycles. The lowest BCUT2D eigenvalue weighted by Crippen LogP contribution is -2.44. The zero-order valence-electron chi connectivity index (χ0n) is 16.4. The summed E-state index contributed by atoms with van der Waals surface area (Å²) in [6, 6.07) is 9.77. The van der Waals surface area contributed by atoms with E-state index in [0.717, 1.165) is 18.4 Å². The highest BCUT2D eigenvalue weighted by Gasteiger charge is 2.28. The van der Waals surface area contributed by atoms with Gasteiger partial charge in [-0.15, -0.1) is 0 Å². The lowest BCUT2D eigenvalue weighted by atomic mass is 9.91. The quantitative estimate of drug-likeness (QED) is 0.810. The van der Waals surface area contributed by atoms with Crippen molar-refractivity contribution in [3.8, 4) is 0 Å². The lowest BCUT2D eigenvalue weighted by Gasteiger charge is -2.27. The molecule has 0 aliphatic carbocycles. The third-order valence-corrected chi connectivity index (χ3v) is 5.14. The van der Waals surface area contributed by atoms with E-state index in [9.17, 15) is 9.59 Å². The van der Waals surface area contributed by atoms with Crippen LogP contribution in [0.4, 0.5) is 0 Å². The van der Waals surface area contributed by atoms with Crippen LogP contribution < -0.4 is 10.6 Å². The molecule has 1 aliphatic rings. The highest BCUT2D eigenvalue weighted by atomic mass is 16.2. The molecular weight excluding hydrogens is 324 g/mol. The molecule has 4 heteroatoms. The van der Waals surface area contributed by atoms with Crippen molar-refractivity contribution in [1.82, 2.24) is 10.6 Å². The Labute approximate surface area is 157 Å². The fourth-order valence-corrected chi connectivity index (χ4v) is 3.26. The van der Waals surface area contributed by atoms with E-state index in [1.807, 2.05) is 30.3 Å². The molecule has 26 heavy (non-hydrogen) atoms. The maximum Gasteiger partial charge on any atom is 0.228 e. The van der Waals surface area contributed by atoms with E-state index in [4.69, 9.17) is 0 Å². The van der Waals surface area contributed by atoms with Gasteiger partial charge in [0.2, 0.25) is 11.8 Å². The smallest absolute Gasteiger partial charge is 0.228 e. The van der Waals surface area contributed by atoms with Crippen molar-refractivity contribution in [3.63, 3.8) is 0 Å². The highest BCUT2D eigenvalue weighted by Crippen LogP contribution is 2.22. The molecule has 2 rings (SSSR count). The second-order valence-electron chi connectivity index (χ2n) is 7.89. The van der Waals surface area contributed by atoms with Gasteiger partial charge in [0.05, 0.1) is 5.92 Å². The number of amides is 2. The normalized spacial score (nSPS) is 26.6. The predicted octanol–water partition coefficient (Wildman–Crippen LogP) is 3.79. The van der Waals surface area contributed by atoms with Crippen molar-refractivity contribution in [2.45, 2.75) is 65.0 Å². The molecule has 1 heterocycles. The number of rotatable bonds is 3. The number of benzene rings is 1. The fraction of sp³-hybridized carbons (Fsp3) is 0.545. The van der Waals surface area contributed by atoms with Gasteiger partial charge >= 0.3 is 0 Å². The van der Waals surface area contributed by atoms with E-state index < -0.39 is 5.92 Å². The summed E-state index contributed by atoms with van der Waals surface area (Å²) in [5.41, 5.74) is 0.886. The Morgan fingerprint density at radius 3 is 1.92 bits per heavy atom. The van der Waals surface area contributed by atoms with Crippen LogP contribution in [0.3, 0.4) is 0 Å². The van der Waals surface area contributed by atoms with E-state index in [2.05, 4.69) is 50.5 Å². The van der Waals surface area contributed by atoms with Gasteiger partial charge < -0.3 is 10.6 Å². The second-order valence-corrected chi connectivity index (χ2v) is 7.89. The van der Waals surface area contributed by atoms with E-state index in [0.29, 0.717) is 11.8 Å². The topological polar surface area (TPSA) is 58.2 Å². The van der Waals surface area contributed by atoms with Gasteiger partial charge in [-0.1, -0.05) is 70.2 Å². The number of hydrogen-bond donors (Lipinski definition) is 2. The van der Waals surface area contributed by atoms with E-state index >= 15 is 0 Å². The van der Waals surface area contributed by atoms with Gasteiger partial charge in [0, 0.05) is 18.5 Å². The second kappa shape index (κ2) is 9.56. The first kappa shape index (κ1) is 20.2. The third-order valence-electron chi connectivity index (χ3n) is 5.14. The van der Waals surface area contributed by atoms with E-state index in [1.54, 1.807) is 0 Å².